The van der Waals surface area contributed by atoms with Crippen LogP contribution in [-0.4, -0.2) is 28.5 Å². The Bertz CT molecular complexity index is 837. The van der Waals surface area contributed by atoms with Gasteiger partial charge in [0, 0.05) is 0 Å². The first-order valence-electron chi connectivity index (χ1n) is 6.56. The van der Waals surface area contributed by atoms with Crippen molar-refractivity contribution in [1.29, 1.82) is 0 Å². The summed E-state index contributed by atoms with van der Waals surface area (Å²) in [7, 11) is -0.980. The van der Waals surface area contributed by atoms with Crippen LogP contribution in [0.5, 0.6) is 5.75 Å². The molecule has 0 fully saturated rings. The van der Waals surface area contributed by atoms with Gasteiger partial charge < -0.3 is 10.1 Å². The average Bonchev–Trinajstić information content (AvgIpc) is 2.56. The molecule has 0 aliphatic carbocycles. The van der Waals surface area contributed by atoms with Crippen molar-refractivity contribution in [1.82, 2.24) is 4.72 Å². The normalized spacial score (nSPS) is 11.1. The molecule has 8 heteroatoms. The molecular formula is C15H15ClN2O4S. The van der Waals surface area contributed by atoms with Crippen LogP contribution in [0.25, 0.3) is 0 Å². The lowest BCUT2D eigenvalue weighted by molar-refractivity contribution is 0.102. The first-order valence-corrected chi connectivity index (χ1v) is 8.42. The maximum absolute atomic E-state index is 12.4. The van der Waals surface area contributed by atoms with Crippen molar-refractivity contribution in [3.63, 3.8) is 0 Å². The molecule has 2 N–H and O–H groups in total. The van der Waals surface area contributed by atoms with Crippen LogP contribution in [0.3, 0.4) is 0 Å². The molecular weight excluding hydrogens is 340 g/mol. The minimum absolute atomic E-state index is 0.0369. The number of hydrogen-bond acceptors (Lipinski definition) is 4. The maximum atomic E-state index is 12.4. The number of benzene rings is 2. The second-order valence-electron chi connectivity index (χ2n) is 4.50. The minimum Gasteiger partial charge on any atom is -0.496 e. The number of sulfonamides is 1. The van der Waals surface area contributed by atoms with E-state index in [4.69, 9.17) is 16.3 Å². The van der Waals surface area contributed by atoms with E-state index in [2.05, 4.69) is 10.0 Å². The Labute approximate surface area is 139 Å². The van der Waals surface area contributed by atoms with Gasteiger partial charge >= 0.3 is 0 Å². The van der Waals surface area contributed by atoms with E-state index in [1.54, 1.807) is 24.3 Å². The first-order chi connectivity index (χ1) is 10.9. The van der Waals surface area contributed by atoms with Crippen molar-refractivity contribution in [2.45, 2.75) is 4.90 Å². The quantitative estimate of drug-likeness (QED) is 0.864. The molecule has 0 saturated carbocycles. The Kier molecular flexibility index (Phi) is 5.25. The molecule has 0 saturated heterocycles. The molecule has 0 unspecified atom stereocenters. The van der Waals surface area contributed by atoms with Crippen LogP contribution in [0.2, 0.25) is 5.02 Å². The van der Waals surface area contributed by atoms with E-state index in [1.807, 2.05) is 0 Å². The predicted molar refractivity (Wildman–Crippen MR) is 88.6 cm³/mol. The van der Waals surface area contributed by atoms with E-state index in [1.165, 1.54) is 32.4 Å². The molecule has 23 heavy (non-hydrogen) atoms. The molecule has 0 heterocycles. The fraction of sp³-hybridized carbons (Fsp3) is 0.133. The first kappa shape index (κ1) is 17.3. The highest BCUT2D eigenvalue weighted by Crippen LogP contribution is 2.26. The van der Waals surface area contributed by atoms with Crippen LogP contribution < -0.4 is 14.8 Å². The number of carbonyl (C=O) groups is 1. The summed E-state index contributed by atoms with van der Waals surface area (Å²) in [4.78, 5) is 12.4. The molecule has 2 rings (SSSR count). The fourth-order valence-electron chi connectivity index (χ4n) is 1.90. The van der Waals surface area contributed by atoms with E-state index in [0.29, 0.717) is 10.7 Å². The van der Waals surface area contributed by atoms with Gasteiger partial charge in [0.2, 0.25) is 10.0 Å². The molecule has 0 spiro atoms. The number of nitrogens with one attached hydrogen (secondary N) is 2. The molecule has 6 nitrogen and oxygen atoms in total. The van der Waals surface area contributed by atoms with Gasteiger partial charge in [-0.3, -0.25) is 4.79 Å². The molecule has 0 aliphatic heterocycles. The van der Waals surface area contributed by atoms with Crippen LogP contribution in [0.15, 0.2) is 47.4 Å². The molecule has 2 aromatic carbocycles. The van der Waals surface area contributed by atoms with Gasteiger partial charge in [0.1, 0.15) is 5.75 Å². The van der Waals surface area contributed by atoms with Crippen molar-refractivity contribution < 1.29 is 17.9 Å². The van der Waals surface area contributed by atoms with Gasteiger partial charge in [-0.2, -0.15) is 0 Å². The zero-order chi connectivity index (χ0) is 17.0. The lowest BCUT2D eigenvalue weighted by Gasteiger charge is -2.12. The van der Waals surface area contributed by atoms with Gasteiger partial charge in [0.05, 0.1) is 28.3 Å². The van der Waals surface area contributed by atoms with Gasteiger partial charge in [-0.1, -0.05) is 23.7 Å². The zero-order valence-electron chi connectivity index (χ0n) is 12.5. The predicted octanol–water partition coefficient (Wildman–Crippen LogP) is 2.51. The lowest BCUT2D eigenvalue weighted by atomic mass is 10.2. The SMILES string of the molecule is CNS(=O)(=O)c1ccc(OC)c(C(=O)Nc2ccccc2Cl)c1. The van der Waals surface area contributed by atoms with Crippen molar-refractivity contribution in [2.24, 2.45) is 0 Å². The third-order valence-electron chi connectivity index (χ3n) is 3.12. The Morgan fingerprint density at radius 3 is 2.48 bits per heavy atom. The monoisotopic (exact) mass is 354 g/mol. The number of rotatable bonds is 5. The van der Waals surface area contributed by atoms with E-state index in [0.717, 1.165) is 0 Å². The topological polar surface area (TPSA) is 84.5 Å². The zero-order valence-corrected chi connectivity index (χ0v) is 14.0. The maximum Gasteiger partial charge on any atom is 0.259 e. The molecule has 122 valence electrons. The third kappa shape index (κ3) is 3.82. The summed E-state index contributed by atoms with van der Waals surface area (Å²) in [5.41, 5.74) is 0.506. The molecule has 0 radical (unpaired) electrons. The minimum atomic E-state index is -3.67. The largest absolute Gasteiger partial charge is 0.496 e. The van der Waals surface area contributed by atoms with Gasteiger partial charge in [-0.15, -0.1) is 0 Å². The van der Waals surface area contributed by atoms with Gasteiger partial charge in [-0.05, 0) is 37.4 Å². The third-order valence-corrected chi connectivity index (χ3v) is 4.86. The summed E-state index contributed by atoms with van der Waals surface area (Å²) < 4.78 is 31.1. The van der Waals surface area contributed by atoms with Gasteiger partial charge in [0.25, 0.3) is 5.91 Å². The molecule has 0 bridgehead atoms. The van der Waals surface area contributed by atoms with E-state index in [-0.39, 0.29) is 16.2 Å². The highest BCUT2D eigenvalue weighted by Gasteiger charge is 2.19. The summed E-state index contributed by atoms with van der Waals surface area (Å²) in [5, 5.41) is 3.01. The molecule has 0 aliphatic rings. The number of amides is 1. The van der Waals surface area contributed by atoms with Gasteiger partial charge in [-0.25, -0.2) is 13.1 Å². The van der Waals surface area contributed by atoms with Crippen LogP contribution in [0.4, 0.5) is 5.69 Å². The summed E-state index contributed by atoms with van der Waals surface area (Å²) in [6.07, 6.45) is 0. The number of hydrogen-bond donors (Lipinski definition) is 2. The van der Waals surface area contributed by atoms with Crippen LogP contribution in [-0.2, 0) is 10.0 Å². The Hall–Kier alpha value is -2.09. The van der Waals surface area contributed by atoms with Crippen molar-refractivity contribution in [3.8, 4) is 5.75 Å². The standard InChI is InChI=1S/C15H15ClN2O4S/c1-17-23(20,21)10-7-8-14(22-2)11(9-10)15(19)18-13-6-4-3-5-12(13)16/h3-9,17H,1-2H3,(H,18,19). The summed E-state index contributed by atoms with van der Waals surface area (Å²) in [6, 6.07) is 10.8. The average molecular weight is 355 g/mol. The number of carbonyl (C=O) groups excluding carboxylic acids is 1. The summed E-state index contributed by atoms with van der Waals surface area (Å²) in [5.74, 6) is -0.271. The number of halogens is 1. The van der Waals surface area contributed by atoms with Crippen molar-refractivity contribution in [2.75, 3.05) is 19.5 Å². The van der Waals surface area contributed by atoms with Crippen LogP contribution in [0.1, 0.15) is 10.4 Å². The smallest absolute Gasteiger partial charge is 0.259 e. The number of methoxy groups -OCH3 is 1. The number of ether oxygens (including phenoxy) is 1. The highest BCUT2D eigenvalue weighted by molar-refractivity contribution is 7.89. The van der Waals surface area contributed by atoms with E-state index >= 15 is 0 Å². The van der Waals surface area contributed by atoms with Crippen LogP contribution >= 0.6 is 11.6 Å². The molecule has 0 aromatic heterocycles. The summed E-state index contributed by atoms with van der Waals surface area (Å²) in [6.45, 7) is 0. The van der Waals surface area contributed by atoms with Crippen molar-refractivity contribution >= 4 is 33.2 Å². The van der Waals surface area contributed by atoms with Crippen molar-refractivity contribution in [3.05, 3.63) is 53.1 Å². The molecule has 1 amide bonds. The van der Waals surface area contributed by atoms with E-state index in [9.17, 15) is 13.2 Å². The number of para-hydroxylation sites is 1. The highest BCUT2D eigenvalue weighted by atomic mass is 35.5. The lowest BCUT2D eigenvalue weighted by Crippen LogP contribution is -2.20. The molecule has 0 atom stereocenters. The Morgan fingerprint density at radius 2 is 1.87 bits per heavy atom. The van der Waals surface area contributed by atoms with E-state index < -0.39 is 15.9 Å². The second-order valence-corrected chi connectivity index (χ2v) is 6.80. The summed E-state index contributed by atoms with van der Waals surface area (Å²) >= 11 is 6.00. The van der Waals surface area contributed by atoms with Gasteiger partial charge in [0.15, 0.2) is 0 Å². The number of anilines is 1. The van der Waals surface area contributed by atoms with Crippen LogP contribution in [0, 0.1) is 0 Å². The molecule has 2 aromatic rings. The Morgan fingerprint density at radius 1 is 1.17 bits per heavy atom. The second kappa shape index (κ2) is 6.99. The fourth-order valence-corrected chi connectivity index (χ4v) is 2.84. The Balaban J connectivity index is 2.42.